The van der Waals surface area contributed by atoms with Gasteiger partial charge in [-0.05, 0) is 6.07 Å². The van der Waals surface area contributed by atoms with Crippen LogP contribution in [0.3, 0.4) is 0 Å². The summed E-state index contributed by atoms with van der Waals surface area (Å²) in [6.45, 7) is -1.48. The quantitative estimate of drug-likeness (QED) is 0.759. The Morgan fingerprint density at radius 2 is 2.15 bits per heavy atom. The van der Waals surface area contributed by atoms with Crippen LogP contribution in [0, 0.1) is 5.95 Å². The van der Waals surface area contributed by atoms with E-state index in [0.717, 1.165) is 12.3 Å². The predicted octanol–water partition coefficient (Wildman–Crippen LogP) is 1.96. The van der Waals surface area contributed by atoms with Crippen LogP contribution in [-0.2, 0) is 5.92 Å². The Kier molecular flexibility index (Phi) is 2.77. The van der Waals surface area contributed by atoms with Crippen LogP contribution in [0.4, 0.5) is 13.2 Å². The summed E-state index contributed by atoms with van der Waals surface area (Å²) in [4.78, 5) is 3.00. The van der Waals surface area contributed by atoms with E-state index in [1.54, 1.807) is 0 Å². The largest absolute Gasteiger partial charge is 0.390 e. The average molecular weight is 212 g/mol. The van der Waals surface area contributed by atoms with Crippen molar-refractivity contribution in [1.82, 2.24) is 4.98 Å². The summed E-state index contributed by atoms with van der Waals surface area (Å²) in [7, 11) is 0. The van der Waals surface area contributed by atoms with Crippen LogP contribution < -0.4 is 0 Å². The lowest BCUT2D eigenvalue weighted by Gasteiger charge is -2.13. The Balaban J connectivity index is 3.20. The summed E-state index contributed by atoms with van der Waals surface area (Å²) < 4.78 is 38.2. The van der Waals surface area contributed by atoms with E-state index in [1.165, 1.54) is 0 Å². The smallest absolute Gasteiger partial charge is 0.300 e. The van der Waals surface area contributed by atoms with E-state index in [1.807, 2.05) is 0 Å². The molecule has 0 atom stereocenters. The third-order valence-electron chi connectivity index (χ3n) is 1.40. The van der Waals surface area contributed by atoms with E-state index in [0.29, 0.717) is 0 Å². The minimum atomic E-state index is -3.65. The normalized spacial score (nSPS) is 11.8. The number of pyridine rings is 1. The van der Waals surface area contributed by atoms with Crippen LogP contribution in [0.5, 0.6) is 0 Å². The van der Waals surface area contributed by atoms with Crippen LogP contribution in [0.2, 0.25) is 5.02 Å². The average Bonchev–Trinajstić information content (AvgIpc) is 2.09. The maximum absolute atomic E-state index is 12.7. The lowest BCUT2D eigenvalue weighted by atomic mass is 10.1. The van der Waals surface area contributed by atoms with Crippen LogP contribution >= 0.6 is 11.6 Å². The van der Waals surface area contributed by atoms with Gasteiger partial charge in [0.1, 0.15) is 6.61 Å². The number of aliphatic hydroxyl groups excluding tert-OH is 1. The van der Waals surface area contributed by atoms with Gasteiger partial charge in [0.2, 0.25) is 5.95 Å². The molecule has 0 amide bonds. The van der Waals surface area contributed by atoms with Gasteiger partial charge in [-0.15, -0.1) is 0 Å². The molecule has 0 bridgehead atoms. The molecule has 0 fully saturated rings. The van der Waals surface area contributed by atoms with Crippen molar-refractivity contribution in [2.45, 2.75) is 5.92 Å². The molecule has 1 aromatic heterocycles. The van der Waals surface area contributed by atoms with Crippen molar-refractivity contribution in [3.8, 4) is 0 Å². The molecule has 1 N–H and O–H groups in total. The Morgan fingerprint density at radius 3 is 2.69 bits per heavy atom. The van der Waals surface area contributed by atoms with E-state index in [-0.39, 0.29) is 5.02 Å². The fourth-order valence-corrected chi connectivity index (χ4v) is 0.922. The molecule has 0 aliphatic heterocycles. The molecule has 1 heterocycles. The van der Waals surface area contributed by atoms with E-state index in [4.69, 9.17) is 16.7 Å². The highest BCUT2D eigenvalue weighted by Gasteiger charge is 2.34. The molecule has 72 valence electrons. The Morgan fingerprint density at radius 1 is 1.54 bits per heavy atom. The van der Waals surface area contributed by atoms with Crippen LogP contribution in [-0.4, -0.2) is 16.7 Å². The molecule has 0 saturated carbocycles. The second-order valence-corrected chi connectivity index (χ2v) is 2.79. The molecule has 13 heavy (non-hydrogen) atoms. The van der Waals surface area contributed by atoms with E-state index in [9.17, 15) is 13.2 Å². The number of rotatable bonds is 2. The first-order valence-corrected chi connectivity index (χ1v) is 3.65. The molecule has 0 aliphatic rings. The van der Waals surface area contributed by atoms with Gasteiger partial charge in [-0.3, -0.25) is 0 Å². The number of aromatic nitrogens is 1. The van der Waals surface area contributed by atoms with E-state index >= 15 is 0 Å². The van der Waals surface area contributed by atoms with Crippen molar-refractivity contribution in [2.24, 2.45) is 0 Å². The number of alkyl halides is 2. The van der Waals surface area contributed by atoms with Crippen molar-refractivity contribution >= 4 is 11.6 Å². The molecule has 1 aromatic rings. The van der Waals surface area contributed by atoms with Gasteiger partial charge in [0, 0.05) is 6.20 Å². The predicted molar refractivity (Wildman–Crippen MR) is 40.2 cm³/mol. The van der Waals surface area contributed by atoms with Crippen LogP contribution in [0.15, 0.2) is 12.3 Å². The Labute approximate surface area is 77.0 Å². The number of hydrogen-bond acceptors (Lipinski definition) is 2. The molecule has 1 rings (SSSR count). The lowest BCUT2D eigenvalue weighted by Crippen LogP contribution is -2.20. The summed E-state index contributed by atoms with van der Waals surface area (Å²) >= 11 is 5.34. The minimum Gasteiger partial charge on any atom is -0.390 e. The fourth-order valence-electron chi connectivity index (χ4n) is 0.764. The van der Waals surface area contributed by atoms with Crippen LogP contribution in [0.1, 0.15) is 5.56 Å². The van der Waals surface area contributed by atoms with Gasteiger partial charge < -0.3 is 5.11 Å². The van der Waals surface area contributed by atoms with Crippen LogP contribution in [0.25, 0.3) is 0 Å². The van der Waals surface area contributed by atoms with Gasteiger partial charge in [-0.1, -0.05) is 11.6 Å². The molecule has 0 unspecified atom stereocenters. The Bertz CT molecular complexity index is 319. The number of halogens is 4. The second kappa shape index (κ2) is 3.51. The zero-order valence-electron chi connectivity index (χ0n) is 6.27. The summed E-state index contributed by atoms with van der Waals surface area (Å²) in [5, 5.41) is 8.17. The van der Waals surface area contributed by atoms with Gasteiger partial charge in [-0.2, -0.15) is 13.2 Å². The monoisotopic (exact) mass is 211 g/mol. The van der Waals surface area contributed by atoms with E-state index in [2.05, 4.69) is 4.98 Å². The SMILES string of the molecule is OCC(F)(F)c1cc(Cl)cnc1F. The highest BCUT2D eigenvalue weighted by atomic mass is 35.5. The number of aliphatic hydroxyl groups is 1. The third kappa shape index (κ3) is 2.10. The zero-order chi connectivity index (χ0) is 10.1. The molecule has 2 nitrogen and oxygen atoms in total. The van der Waals surface area contributed by atoms with Gasteiger partial charge >= 0.3 is 0 Å². The molecule has 0 saturated heterocycles. The highest BCUT2D eigenvalue weighted by molar-refractivity contribution is 6.30. The fraction of sp³-hybridized carbons (Fsp3) is 0.286. The summed E-state index contributed by atoms with van der Waals surface area (Å²) in [6.07, 6.45) is 0.911. The van der Waals surface area contributed by atoms with Gasteiger partial charge in [-0.25, -0.2) is 4.98 Å². The van der Waals surface area contributed by atoms with Gasteiger partial charge in [0.25, 0.3) is 5.92 Å². The topological polar surface area (TPSA) is 33.1 Å². The third-order valence-corrected chi connectivity index (χ3v) is 1.61. The molecular weight excluding hydrogens is 207 g/mol. The number of hydrogen-bond donors (Lipinski definition) is 1. The highest BCUT2D eigenvalue weighted by Crippen LogP contribution is 2.29. The standard InChI is InChI=1S/C7H5ClF3NO/c8-4-1-5(6(9)12-2-4)7(10,11)3-13/h1-2,13H,3H2. The van der Waals surface area contributed by atoms with Crippen molar-refractivity contribution in [1.29, 1.82) is 0 Å². The minimum absolute atomic E-state index is 0.107. The first kappa shape index (κ1) is 10.3. The summed E-state index contributed by atoms with van der Waals surface area (Å²) in [6, 6.07) is 0.736. The molecule has 0 spiro atoms. The number of nitrogens with zero attached hydrogens (tertiary/aromatic N) is 1. The summed E-state index contributed by atoms with van der Waals surface area (Å²) in [5.41, 5.74) is -0.998. The Hall–Kier alpha value is -0.810. The van der Waals surface area contributed by atoms with Crippen molar-refractivity contribution in [2.75, 3.05) is 6.61 Å². The first-order chi connectivity index (χ1) is 5.97. The van der Waals surface area contributed by atoms with Gasteiger partial charge in [0.15, 0.2) is 0 Å². The maximum atomic E-state index is 12.7. The van der Waals surface area contributed by atoms with E-state index < -0.39 is 24.0 Å². The van der Waals surface area contributed by atoms with Crippen molar-refractivity contribution < 1.29 is 18.3 Å². The lowest BCUT2D eigenvalue weighted by molar-refractivity contribution is -0.0588. The molecule has 0 aromatic carbocycles. The molecule has 6 heteroatoms. The molecule has 0 radical (unpaired) electrons. The first-order valence-electron chi connectivity index (χ1n) is 3.27. The zero-order valence-corrected chi connectivity index (χ0v) is 7.02. The maximum Gasteiger partial charge on any atom is 0.300 e. The summed E-state index contributed by atoms with van der Waals surface area (Å²) in [5.74, 6) is -4.98. The van der Waals surface area contributed by atoms with Crippen molar-refractivity contribution in [3.63, 3.8) is 0 Å². The second-order valence-electron chi connectivity index (χ2n) is 2.35. The molecular formula is C7H5ClF3NO. The van der Waals surface area contributed by atoms with Crippen molar-refractivity contribution in [3.05, 3.63) is 28.8 Å². The van der Waals surface area contributed by atoms with Gasteiger partial charge in [0.05, 0.1) is 10.6 Å². The molecule has 0 aliphatic carbocycles.